The molecule has 0 aliphatic carbocycles. The van der Waals surface area contributed by atoms with Crippen molar-refractivity contribution >= 4 is 60.2 Å². The smallest absolute Gasteiger partial charge is 0.0569 e. The number of nitrogens with zero attached hydrogens (tertiary/aromatic N) is 1. The van der Waals surface area contributed by atoms with Gasteiger partial charge in [0.2, 0.25) is 0 Å². The Balaban J connectivity index is 1.88. The van der Waals surface area contributed by atoms with Gasteiger partial charge in [-0.3, -0.25) is 0 Å². The van der Waals surface area contributed by atoms with Crippen LogP contribution in [0.4, 0.5) is 17.1 Å². The van der Waals surface area contributed by atoms with E-state index in [1.165, 1.54) is 20.2 Å². The molecule has 4 aromatic carbocycles. The fourth-order valence-corrected chi connectivity index (χ4v) is 5.00. The summed E-state index contributed by atoms with van der Waals surface area (Å²) in [6, 6.07) is 33.6. The quantitative estimate of drug-likeness (QED) is 0.302. The third-order valence-electron chi connectivity index (χ3n) is 4.69. The fourth-order valence-electron chi connectivity index (χ4n) is 3.56. The second kappa shape index (κ2) is 6.73. The molecular formula is C24H16ClNS. The van der Waals surface area contributed by atoms with Crippen molar-refractivity contribution in [2.45, 2.75) is 0 Å². The van der Waals surface area contributed by atoms with Crippen molar-refractivity contribution in [2.75, 3.05) is 4.90 Å². The second-order valence-electron chi connectivity index (χ2n) is 6.40. The summed E-state index contributed by atoms with van der Waals surface area (Å²) in [7, 11) is 0. The minimum Gasteiger partial charge on any atom is -0.310 e. The lowest BCUT2D eigenvalue weighted by Crippen LogP contribution is -2.10. The van der Waals surface area contributed by atoms with E-state index in [-0.39, 0.29) is 0 Å². The minimum atomic E-state index is 0.751. The SMILES string of the molecule is Clc1cc(N(c2ccccc2)c2ccccc2)c2c(c1)sc1ccccc12. The number of benzene rings is 4. The lowest BCUT2D eigenvalue weighted by Gasteiger charge is -2.26. The Hall–Kier alpha value is -2.81. The molecule has 0 amide bonds. The van der Waals surface area contributed by atoms with Gasteiger partial charge in [-0.05, 0) is 42.5 Å². The minimum absolute atomic E-state index is 0.751. The molecule has 0 spiro atoms. The molecule has 0 N–H and O–H groups in total. The second-order valence-corrected chi connectivity index (χ2v) is 7.92. The predicted molar refractivity (Wildman–Crippen MR) is 119 cm³/mol. The molecule has 0 aliphatic rings. The van der Waals surface area contributed by atoms with Crippen LogP contribution < -0.4 is 4.90 Å². The van der Waals surface area contributed by atoms with Gasteiger partial charge >= 0.3 is 0 Å². The van der Waals surface area contributed by atoms with E-state index in [2.05, 4.69) is 89.8 Å². The Labute approximate surface area is 167 Å². The molecule has 0 saturated carbocycles. The summed E-state index contributed by atoms with van der Waals surface area (Å²) in [6.45, 7) is 0. The average molecular weight is 386 g/mol. The maximum atomic E-state index is 6.55. The first kappa shape index (κ1) is 16.4. The van der Waals surface area contributed by atoms with Crippen LogP contribution >= 0.6 is 22.9 Å². The number of fused-ring (bicyclic) bond motifs is 3. The first-order chi connectivity index (χ1) is 13.3. The monoisotopic (exact) mass is 385 g/mol. The predicted octanol–water partition coefficient (Wildman–Crippen LogP) is 8.18. The summed E-state index contributed by atoms with van der Waals surface area (Å²) in [5.41, 5.74) is 3.33. The Morgan fingerprint density at radius 2 is 1.22 bits per heavy atom. The summed E-state index contributed by atoms with van der Waals surface area (Å²) in [6.07, 6.45) is 0. The van der Waals surface area contributed by atoms with Gasteiger partial charge in [0.1, 0.15) is 0 Å². The molecule has 130 valence electrons. The van der Waals surface area contributed by atoms with E-state index in [0.717, 1.165) is 22.1 Å². The van der Waals surface area contributed by atoms with Gasteiger partial charge < -0.3 is 4.90 Å². The van der Waals surface area contributed by atoms with E-state index < -0.39 is 0 Å². The molecule has 0 bridgehead atoms. The number of anilines is 3. The van der Waals surface area contributed by atoms with Crippen LogP contribution in [0.5, 0.6) is 0 Å². The maximum Gasteiger partial charge on any atom is 0.0569 e. The van der Waals surface area contributed by atoms with Gasteiger partial charge in [0, 0.05) is 36.6 Å². The fraction of sp³-hybridized carbons (Fsp3) is 0. The van der Waals surface area contributed by atoms with Gasteiger partial charge in [0.25, 0.3) is 0 Å². The van der Waals surface area contributed by atoms with E-state index in [4.69, 9.17) is 11.6 Å². The molecule has 1 nitrogen and oxygen atoms in total. The zero-order valence-electron chi connectivity index (χ0n) is 14.5. The van der Waals surface area contributed by atoms with Gasteiger partial charge in [-0.25, -0.2) is 0 Å². The number of thiophene rings is 1. The third kappa shape index (κ3) is 2.87. The highest BCUT2D eigenvalue weighted by Gasteiger charge is 2.18. The number of hydrogen-bond donors (Lipinski definition) is 0. The van der Waals surface area contributed by atoms with Crippen molar-refractivity contribution in [2.24, 2.45) is 0 Å². The largest absolute Gasteiger partial charge is 0.310 e. The Morgan fingerprint density at radius 3 is 1.89 bits per heavy atom. The lowest BCUT2D eigenvalue weighted by atomic mass is 10.1. The number of hydrogen-bond acceptors (Lipinski definition) is 2. The highest BCUT2D eigenvalue weighted by molar-refractivity contribution is 7.26. The Morgan fingerprint density at radius 1 is 0.630 bits per heavy atom. The molecule has 0 unspecified atom stereocenters. The molecule has 3 heteroatoms. The summed E-state index contributed by atoms with van der Waals surface area (Å²) >= 11 is 8.34. The maximum absolute atomic E-state index is 6.55. The molecular weight excluding hydrogens is 370 g/mol. The zero-order chi connectivity index (χ0) is 18.2. The van der Waals surface area contributed by atoms with Crippen molar-refractivity contribution in [1.29, 1.82) is 0 Å². The van der Waals surface area contributed by atoms with Crippen LogP contribution in [-0.4, -0.2) is 0 Å². The van der Waals surface area contributed by atoms with E-state index >= 15 is 0 Å². The van der Waals surface area contributed by atoms with Crippen LogP contribution in [0.1, 0.15) is 0 Å². The first-order valence-corrected chi connectivity index (χ1v) is 10.0. The van der Waals surface area contributed by atoms with Crippen LogP contribution in [0.3, 0.4) is 0 Å². The summed E-state index contributed by atoms with van der Waals surface area (Å²) in [5, 5.41) is 3.26. The molecule has 0 saturated heterocycles. The number of rotatable bonds is 3. The molecule has 0 atom stereocenters. The van der Waals surface area contributed by atoms with Crippen LogP contribution in [0.25, 0.3) is 20.2 Å². The van der Waals surface area contributed by atoms with E-state index in [9.17, 15) is 0 Å². The summed E-state index contributed by atoms with van der Waals surface area (Å²) in [4.78, 5) is 2.29. The molecule has 1 heterocycles. The molecule has 0 fully saturated rings. The van der Waals surface area contributed by atoms with Crippen molar-refractivity contribution in [1.82, 2.24) is 0 Å². The van der Waals surface area contributed by atoms with Crippen LogP contribution in [-0.2, 0) is 0 Å². The highest BCUT2D eigenvalue weighted by atomic mass is 35.5. The summed E-state index contributed by atoms with van der Waals surface area (Å²) < 4.78 is 2.48. The van der Waals surface area contributed by atoms with E-state index in [1.54, 1.807) is 11.3 Å². The molecule has 5 rings (SSSR count). The Bertz CT molecular complexity index is 1190. The molecule has 0 aliphatic heterocycles. The topological polar surface area (TPSA) is 3.24 Å². The van der Waals surface area contributed by atoms with Crippen LogP contribution in [0.2, 0.25) is 5.02 Å². The van der Waals surface area contributed by atoms with Crippen molar-refractivity contribution < 1.29 is 0 Å². The first-order valence-electron chi connectivity index (χ1n) is 8.82. The molecule has 1 aromatic heterocycles. The molecule has 5 aromatic rings. The van der Waals surface area contributed by atoms with Gasteiger partial charge in [0.05, 0.1) is 5.69 Å². The highest BCUT2D eigenvalue weighted by Crippen LogP contribution is 2.45. The van der Waals surface area contributed by atoms with E-state index in [0.29, 0.717) is 0 Å². The zero-order valence-corrected chi connectivity index (χ0v) is 16.0. The Kier molecular flexibility index (Phi) is 4.08. The molecule has 0 radical (unpaired) electrons. The van der Waals surface area contributed by atoms with Gasteiger partial charge in [-0.15, -0.1) is 11.3 Å². The van der Waals surface area contributed by atoms with Crippen molar-refractivity contribution in [3.8, 4) is 0 Å². The van der Waals surface area contributed by atoms with Gasteiger partial charge in [-0.2, -0.15) is 0 Å². The van der Waals surface area contributed by atoms with Crippen molar-refractivity contribution in [3.05, 3.63) is 102 Å². The average Bonchev–Trinajstić information content (AvgIpc) is 3.08. The number of halogens is 1. The van der Waals surface area contributed by atoms with Gasteiger partial charge in [-0.1, -0.05) is 66.2 Å². The van der Waals surface area contributed by atoms with Crippen LogP contribution in [0.15, 0.2) is 97.1 Å². The standard InChI is InChI=1S/C24H16ClNS/c25-17-15-21(24-20-13-7-8-14-22(20)27-23(24)16-17)26(18-9-3-1-4-10-18)19-11-5-2-6-12-19/h1-16H. The van der Waals surface area contributed by atoms with Crippen molar-refractivity contribution in [3.63, 3.8) is 0 Å². The third-order valence-corrected chi connectivity index (χ3v) is 6.03. The van der Waals surface area contributed by atoms with Gasteiger partial charge in [0.15, 0.2) is 0 Å². The normalized spacial score (nSPS) is 11.1. The summed E-state index contributed by atoms with van der Waals surface area (Å²) in [5.74, 6) is 0. The number of para-hydroxylation sites is 2. The molecule has 27 heavy (non-hydrogen) atoms. The van der Waals surface area contributed by atoms with E-state index in [1.807, 2.05) is 12.1 Å². The van der Waals surface area contributed by atoms with Crippen LogP contribution in [0, 0.1) is 0 Å². The lowest BCUT2D eigenvalue weighted by molar-refractivity contribution is 1.30.